The zero-order valence-corrected chi connectivity index (χ0v) is 16.4. The van der Waals surface area contributed by atoms with E-state index < -0.39 is 0 Å². The van der Waals surface area contributed by atoms with Crippen LogP contribution in [0.1, 0.15) is 48.2 Å². The van der Waals surface area contributed by atoms with Gasteiger partial charge in [-0.3, -0.25) is 9.59 Å². The topological polar surface area (TPSA) is 64.6 Å². The van der Waals surface area contributed by atoms with E-state index in [2.05, 4.69) is 43.4 Å². The molecule has 0 aliphatic heterocycles. The summed E-state index contributed by atoms with van der Waals surface area (Å²) >= 11 is 0. The molecule has 0 aliphatic carbocycles. The van der Waals surface area contributed by atoms with Crippen LogP contribution in [0.4, 0.5) is 0 Å². The van der Waals surface area contributed by atoms with Crippen molar-refractivity contribution in [2.75, 3.05) is 20.3 Å². The maximum absolute atomic E-state index is 12.0. The van der Waals surface area contributed by atoms with Crippen LogP contribution in [-0.4, -0.2) is 32.0 Å². The highest BCUT2D eigenvalue weighted by Crippen LogP contribution is 2.28. The monoisotopic (exact) mass is 369 g/mol. The molecule has 27 heavy (non-hydrogen) atoms. The molecule has 0 unspecified atom stereocenters. The van der Waals surface area contributed by atoms with E-state index in [0.29, 0.717) is 29.5 Å². The number of amides is 1. The lowest BCUT2D eigenvalue weighted by Crippen LogP contribution is -2.30. The number of hydrogen-bond acceptors (Lipinski definition) is 4. The van der Waals surface area contributed by atoms with Crippen molar-refractivity contribution in [3.8, 4) is 11.5 Å². The Morgan fingerprint density at radius 2 is 1.74 bits per heavy atom. The van der Waals surface area contributed by atoms with Crippen LogP contribution < -0.4 is 14.8 Å². The second kappa shape index (κ2) is 9.76. The van der Waals surface area contributed by atoms with E-state index in [0.717, 1.165) is 6.42 Å². The SMILES string of the molecule is COc1cc(C(C)=O)ccc1OCC(=O)NCCc1ccc(C(C)C)cc1. The molecule has 5 heteroatoms. The average Bonchev–Trinajstić information content (AvgIpc) is 2.66. The summed E-state index contributed by atoms with van der Waals surface area (Å²) in [6.45, 7) is 6.25. The number of methoxy groups -OCH3 is 1. The first-order valence-electron chi connectivity index (χ1n) is 9.08. The molecule has 144 valence electrons. The van der Waals surface area contributed by atoms with E-state index in [9.17, 15) is 9.59 Å². The minimum Gasteiger partial charge on any atom is -0.493 e. The van der Waals surface area contributed by atoms with Crippen molar-refractivity contribution in [3.05, 3.63) is 59.2 Å². The molecule has 1 N–H and O–H groups in total. The van der Waals surface area contributed by atoms with Crippen molar-refractivity contribution in [3.63, 3.8) is 0 Å². The van der Waals surface area contributed by atoms with Crippen LogP contribution in [0.5, 0.6) is 11.5 Å². The first-order chi connectivity index (χ1) is 12.9. The van der Waals surface area contributed by atoms with Crippen LogP contribution in [0.25, 0.3) is 0 Å². The Morgan fingerprint density at radius 1 is 1.04 bits per heavy atom. The van der Waals surface area contributed by atoms with Gasteiger partial charge in [0.15, 0.2) is 23.9 Å². The summed E-state index contributed by atoms with van der Waals surface area (Å²) in [5.41, 5.74) is 3.02. The first kappa shape index (κ1) is 20.5. The Hall–Kier alpha value is -2.82. The highest BCUT2D eigenvalue weighted by molar-refractivity contribution is 5.94. The highest BCUT2D eigenvalue weighted by Gasteiger charge is 2.10. The third-order valence-corrected chi connectivity index (χ3v) is 4.31. The maximum Gasteiger partial charge on any atom is 0.257 e. The predicted octanol–water partition coefficient (Wildman–Crippen LogP) is 3.76. The predicted molar refractivity (Wildman–Crippen MR) is 106 cm³/mol. The van der Waals surface area contributed by atoms with E-state index >= 15 is 0 Å². The number of carbonyl (C=O) groups excluding carboxylic acids is 2. The third-order valence-electron chi connectivity index (χ3n) is 4.31. The molecule has 0 radical (unpaired) electrons. The second-order valence-electron chi connectivity index (χ2n) is 6.71. The standard InChI is InChI=1S/C22H27NO4/c1-15(2)18-7-5-17(6-8-18)11-12-23-22(25)14-27-20-10-9-19(16(3)24)13-21(20)26-4/h5-10,13,15H,11-12,14H2,1-4H3,(H,23,25). The number of hydrogen-bond donors (Lipinski definition) is 1. The van der Waals surface area contributed by atoms with Gasteiger partial charge in [0.05, 0.1) is 7.11 Å². The van der Waals surface area contributed by atoms with Crippen LogP contribution in [0.15, 0.2) is 42.5 Å². The van der Waals surface area contributed by atoms with Crippen LogP contribution in [0.3, 0.4) is 0 Å². The van der Waals surface area contributed by atoms with Crippen LogP contribution >= 0.6 is 0 Å². The third kappa shape index (κ3) is 6.13. The summed E-state index contributed by atoms with van der Waals surface area (Å²) in [5, 5.41) is 2.85. The summed E-state index contributed by atoms with van der Waals surface area (Å²) in [6, 6.07) is 13.3. The van der Waals surface area contributed by atoms with Crippen LogP contribution in [-0.2, 0) is 11.2 Å². The Bertz CT molecular complexity index is 781. The van der Waals surface area contributed by atoms with Crippen molar-refractivity contribution in [1.29, 1.82) is 0 Å². The molecule has 0 fully saturated rings. The minimum atomic E-state index is -0.202. The van der Waals surface area contributed by atoms with E-state index in [1.165, 1.54) is 25.2 Å². The highest BCUT2D eigenvalue weighted by atomic mass is 16.5. The number of Topliss-reactive ketones (excluding diaryl/α,β-unsaturated/α-hetero) is 1. The van der Waals surface area contributed by atoms with E-state index in [1.807, 2.05) is 0 Å². The smallest absolute Gasteiger partial charge is 0.257 e. The second-order valence-corrected chi connectivity index (χ2v) is 6.71. The first-order valence-corrected chi connectivity index (χ1v) is 9.08. The fraction of sp³-hybridized carbons (Fsp3) is 0.364. The maximum atomic E-state index is 12.0. The van der Waals surface area contributed by atoms with E-state index in [-0.39, 0.29) is 18.3 Å². The Kier molecular flexibility index (Phi) is 7.41. The quantitative estimate of drug-likeness (QED) is 0.684. The van der Waals surface area contributed by atoms with Crippen molar-refractivity contribution in [1.82, 2.24) is 5.32 Å². The summed E-state index contributed by atoms with van der Waals surface area (Å²) in [6.07, 6.45) is 0.765. The Morgan fingerprint density at radius 3 is 2.33 bits per heavy atom. The average molecular weight is 369 g/mol. The molecule has 2 aromatic carbocycles. The molecule has 0 spiro atoms. The summed E-state index contributed by atoms with van der Waals surface area (Å²) < 4.78 is 10.7. The summed E-state index contributed by atoms with van der Waals surface area (Å²) in [4.78, 5) is 23.4. The van der Waals surface area contributed by atoms with Gasteiger partial charge >= 0.3 is 0 Å². The molecule has 0 atom stereocenters. The summed E-state index contributed by atoms with van der Waals surface area (Å²) in [7, 11) is 1.50. The van der Waals surface area contributed by atoms with Gasteiger partial charge in [0.2, 0.25) is 0 Å². The zero-order chi connectivity index (χ0) is 19.8. The molecule has 0 bridgehead atoms. The molecule has 1 amide bonds. The molecule has 0 aromatic heterocycles. The molecule has 2 aromatic rings. The van der Waals surface area contributed by atoms with Crippen molar-refractivity contribution < 1.29 is 19.1 Å². The lowest BCUT2D eigenvalue weighted by atomic mass is 10.0. The van der Waals surface area contributed by atoms with Crippen LogP contribution in [0.2, 0.25) is 0 Å². The normalized spacial score (nSPS) is 10.6. The lowest BCUT2D eigenvalue weighted by Gasteiger charge is -2.12. The molecule has 5 nitrogen and oxygen atoms in total. The molecule has 0 saturated carbocycles. The lowest BCUT2D eigenvalue weighted by molar-refractivity contribution is -0.123. The fourth-order valence-electron chi connectivity index (χ4n) is 2.62. The Labute approximate surface area is 160 Å². The fourth-order valence-corrected chi connectivity index (χ4v) is 2.62. The van der Waals surface area contributed by atoms with Crippen molar-refractivity contribution in [2.24, 2.45) is 0 Å². The van der Waals surface area contributed by atoms with Gasteiger partial charge in [-0.25, -0.2) is 0 Å². The van der Waals surface area contributed by atoms with Gasteiger partial charge < -0.3 is 14.8 Å². The number of ether oxygens (including phenoxy) is 2. The van der Waals surface area contributed by atoms with Crippen molar-refractivity contribution >= 4 is 11.7 Å². The number of carbonyl (C=O) groups is 2. The van der Waals surface area contributed by atoms with Gasteiger partial charge in [-0.15, -0.1) is 0 Å². The van der Waals surface area contributed by atoms with E-state index in [1.54, 1.807) is 18.2 Å². The van der Waals surface area contributed by atoms with Gasteiger partial charge in [-0.05, 0) is 48.6 Å². The number of nitrogens with one attached hydrogen (secondary N) is 1. The molecule has 0 aliphatic rings. The number of rotatable bonds is 9. The summed E-state index contributed by atoms with van der Waals surface area (Å²) in [5.74, 6) is 1.12. The molecule has 0 heterocycles. The van der Waals surface area contributed by atoms with Gasteiger partial charge in [0, 0.05) is 12.1 Å². The molecule has 0 saturated heterocycles. The minimum absolute atomic E-state index is 0.0565. The van der Waals surface area contributed by atoms with Crippen LogP contribution in [0, 0.1) is 0 Å². The van der Waals surface area contributed by atoms with Gasteiger partial charge in [-0.2, -0.15) is 0 Å². The molecule has 2 rings (SSSR count). The largest absolute Gasteiger partial charge is 0.493 e. The number of ketones is 1. The number of benzene rings is 2. The Balaban J connectivity index is 1.80. The van der Waals surface area contributed by atoms with Gasteiger partial charge in [0.1, 0.15) is 0 Å². The molecular weight excluding hydrogens is 342 g/mol. The van der Waals surface area contributed by atoms with Crippen molar-refractivity contribution in [2.45, 2.75) is 33.1 Å². The zero-order valence-electron chi connectivity index (χ0n) is 16.4. The van der Waals surface area contributed by atoms with Gasteiger partial charge in [0.25, 0.3) is 5.91 Å². The molecular formula is C22H27NO4. The van der Waals surface area contributed by atoms with E-state index in [4.69, 9.17) is 9.47 Å². The van der Waals surface area contributed by atoms with Gasteiger partial charge in [-0.1, -0.05) is 38.1 Å².